The second-order valence-electron chi connectivity index (χ2n) is 8.16. The lowest BCUT2D eigenvalue weighted by Crippen LogP contribution is -2.46. The van der Waals surface area contributed by atoms with Gasteiger partial charge in [0.1, 0.15) is 6.04 Å². The number of rotatable bonds is 7. The highest BCUT2D eigenvalue weighted by molar-refractivity contribution is 6.33. The van der Waals surface area contributed by atoms with Crippen LogP contribution in [0.5, 0.6) is 0 Å². The van der Waals surface area contributed by atoms with Crippen molar-refractivity contribution in [3.05, 3.63) is 46.6 Å². The highest BCUT2D eigenvalue weighted by Crippen LogP contribution is 2.23. The van der Waals surface area contributed by atoms with Crippen molar-refractivity contribution >= 4 is 35.3 Å². The topological polar surface area (TPSA) is 111 Å². The van der Waals surface area contributed by atoms with Crippen LogP contribution in [0.4, 0.5) is 5.88 Å². The highest BCUT2D eigenvalue weighted by Gasteiger charge is 2.27. The maximum absolute atomic E-state index is 12.4. The number of ether oxygens (including phenoxy) is 1. The fourth-order valence-corrected chi connectivity index (χ4v) is 2.67. The zero-order valence-electron chi connectivity index (χ0n) is 17.6. The molecule has 0 fully saturated rings. The summed E-state index contributed by atoms with van der Waals surface area (Å²) in [5.41, 5.74) is 0.691. The summed E-state index contributed by atoms with van der Waals surface area (Å²) in [6.07, 6.45) is 0. The van der Waals surface area contributed by atoms with E-state index in [-0.39, 0.29) is 27.8 Å². The quantitative estimate of drug-likeness (QED) is 0.643. The first kappa shape index (κ1) is 23.4. The number of nitrogens with zero attached hydrogens (tertiary/aromatic N) is 1. The summed E-state index contributed by atoms with van der Waals surface area (Å²) >= 11 is 6.03. The van der Waals surface area contributed by atoms with Gasteiger partial charge in [0.05, 0.1) is 16.3 Å². The minimum atomic E-state index is -0.945. The molecule has 1 heterocycles. The predicted octanol–water partition coefficient (Wildman–Crippen LogP) is 3.56. The number of aromatic nitrogens is 1. The minimum absolute atomic E-state index is 0.161. The summed E-state index contributed by atoms with van der Waals surface area (Å²) in [6, 6.07) is 7.17. The van der Waals surface area contributed by atoms with Crippen molar-refractivity contribution in [2.75, 3.05) is 11.9 Å². The summed E-state index contributed by atoms with van der Waals surface area (Å²) in [5.74, 6) is -1.92. The van der Waals surface area contributed by atoms with Gasteiger partial charge in [-0.15, -0.1) is 0 Å². The summed E-state index contributed by atoms with van der Waals surface area (Å²) in [6.45, 7) is 8.85. The lowest BCUT2D eigenvalue weighted by molar-refractivity contribution is -0.150. The number of esters is 1. The van der Waals surface area contributed by atoms with E-state index in [2.05, 4.69) is 15.8 Å². The molecule has 0 aliphatic heterocycles. The van der Waals surface area contributed by atoms with Gasteiger partial charge < -0.3 is 14.6 Å². The average molecular weight is 436 g/mol. The Balaban J connectivity index is 1.93. The van der Waals surface area contributed by atoms with E-state index in [0.717, 1.165) is 0 Å². The summed E-state index contributed by atoms with van der Waals surface area (Å²) in [4.78, 5) is 37.0. The molecule has 1 aromatic carbocycles. The highest BCUT2D eigenvalue weighted by atomic mass is 35.5. The summed E-state index contributed by atoms with van der Waals surface area (Å²) in [5, 5.41) is 9.26. The van der Waals surface area contributed by atoms with Gasteiger partial charge in [0.2, 0.25) is 5.88 Å². The van der Waals surface area contributed by atoms with Gasteiger partial charge in [0.15, 0.2) is 6.61 Å². The van der Waals surface area contributed by atoms with E-state index in [0.29, 0.717) is 5.69 Å². The van der Waals surface area contributed by atoms with Crippen LogP contribution in [0, 0.1) is 5.92 Å². The van der Waals surface area contributed by atoms with Crippen LogP contribution in [0.25, 0.3) is 0 Å². The molecule has 162 valence electrons. The molecule has 2 aromatic rings. The summed E-state index contributed by atoms with van der Waals surface area (Å²) < 4.78 is 10.2. The van der Waals surface area contributed by atoms with Crippen LogP contribution in [-0.4, -0.2) is 35.6 Å². The zero-order chi connectivity index (χ0) is 22.5. The van der Waals surface area contributed by atoms with Gasteiger partial charge in [-0.25, -0.2) is 4.79 Å². The van der Waals surface area contributed by atoms with Gasteiger partial charge >= 0.3 is 5.97 Å². The normalized spacial score (nSPS) is 12.4. The maximum Gasteiger partial charge on any atom is 0.329 e. The molecular weight excluding hydrogens is 410 g/mol. The van der Waals surface area contributed by atoms with Crippen molar-refractivity contribution in [2.24, 2.45) is 5.92 Å². The van der Waals surface area contributed by atoms with E-state index in [1.54, 1.807) is 44.2 Å². The monoisotopic (exact) mass is 435 g/mol. The molecule has 2 rings (SSSR count). The van der Waals surface area contributed by atoms with E-state index in [1.165, 1.54) is 0 Å². The van der Waals surface area contributed by atoms with Gasteiger partial charge in [-0.1, -0.05) is 63.5 Å². The van der Waals surface area contributed by atoms with Crippen LogP contribution in [0.1, 0.15) is 50.7 Å². The molecule has 0 bridgehead atoms. The number of nitrogens with one attached hydrogen (secondary N) is 2. The maximum atomic E-state index is 12.4. The Morgan fingerprint density at radius 1 is 1.20 bits per heavy atom. The number of amides is 2. The average Bonchev–Trinajstić information content (AvgIpc) is 3.13. The van der Waals surface area contributed by atoms with Crippen LogP contribution in [0.2, 0.25) is 5.02 Å². The second-order valence-corrected chi connectivity index (χ2v) is 8.56. The van der Waals surface area contributed by atoms with Crippen molar-refractivity contribution in [1.82, 2.24) is 10.5 Å². The molecule has 0 spiro atoms. The molecule has 0 unspecified atom stereocenters. The number of carbonyl (C=O) groups excluding carboxylic acids is 3. The first-order valence-electron chi connectivity index (χ1n) is 9.48. The standard InChI is InChI=1S/C21H26ClN3O5/c1-12(2)18(24-19(27)13-8-6-7-9-14(13)22)20(28)29-11-16(26)23-17-10-15(25-30-17)21(3,4)5/h6-10,12,18H,11H2,1-5H3,(H,23,26)(H,24,27)/t18-/m0/s1. The number of hydrogen-bond donors (Lipinski definition) is 2. The van der Waals surface area contributed by atoms with E-state index >= 15 is 0 Å². The third-order valence-electron chi connectivity index (χ3n) is 4.21. The molecule has 9 heteroatoms. The van der Waals surface area contributed by atoms with Crippen molar-refractivity contribution in [3.63, 3.8) is 0 Å². The van der Waals surface area contributed by atoms with Crippen LogP contribution in [-0.2, 0) is 19.7 Å². The van der Waals surface area contributed by atoms with E-state index < -0.39 is 30.4 Å². The van der Waals surface area contributed by atoms with E-state index in [4.69, 9.17) is 20.9 Å². The third-order valence-corrected chi connectivity index (χ3v) is 4.54. The molecule has 1 atom stereocenters. The number of hydrogen-bond acceptors (Lipinski definition) is 6. The largest absolute Gasteiger partial charge is 0.454 e. The molecule has 1 aromatic heterocycles. The first-order chi connectivity index (χ1) is 14.0. The van der Waals surface area contributed by atoms with Crippen molar-refractivity contribution in [3.8, 4) is 0 Å². The molecule has 2 amide bonds. The minimum Gasteiger partial charge on any atom is -0.454 e. The Kier molecular flexibility index (Phi) is 7.61. The predicted molar refractivity (Wildman–Crippen MR) is 112 cm³/mol. The number of carbonyl (C=O) groups is 3. The smallest absolute Gasteiger partial charge is 0.329 e. The number of anilines is 1. The Morgan fingerprint density at radius 3 is 2.43 bits per heavy atom. The van der Waals surface area contributed by atoms with E-state index in [1.807, 2.05) is 20.8 Å². The molecule has 8 nitrogen and oxygen atoms in total. The van der Waals surface area contributed by atoms with Gasteiger partial charge in [0.25, 0.3) is 11.8 Å². The van der Waals surface area contributed by atoms with Gasteiger partial charge in [-0.2, -0.15) is 0 Å². The van der Waals surface area contributed by atoms with Gasteiger partial charge in [-0.3, -0.25) is 14.9 Å². The fourth-order valence-electron chi connectivity index (χ4n) is 2.45. The van der Waals surface area contributed by atoms with Crippen molar-refractivity contribution < 1.29 is 23.6 Å². The Morgan fingerprint density at radius 2 is 1.87 bits per heavy atom. The Bertz CT molecular complexity index is 917. The summed E-state index contributed by atoms with van der Waals surface area (Å²) in [7, 11) is 0. The van der Waals surface area contributed by atoms with Crippen molar-refractivity contribution in [1.29, 1.82) is 0 Å². The SMILES string of the molecule is CC(C)[C@H](NC(=O)c1ccccc1Cl)C(=O)OCC(=O)Nc1cc(C(C)(C)C)no1. The Labute approximate surface area is 180 Å². The lowest BCUT2D eigenvalue weighted by Gasteiger charge is -2.21. The molecule has 2 N–H and O–H groups in total. The second kappa shape index (κ2) is 9.75. The third kappa shape index (κ3) is 6.32. The molecule has 0 saturated heterocycles. The number of halogens is 1. The van der Waals surface area contributed by atoms with Crippen LogP contribution in [0.15, 0.2) is 34.9 Å². The van der Waals surface area contributed by atoms with Gasteiger partial charge in [0, 0.05) is 11.5 Å². The molecular formula is C21H26ClN3O5. The molecule has 0 radical (unpaired) electrons. The Hall–Kier alpha value is -2.87. The number of benzene rings is 1. The molecule has 0 aliphatic rings. The first-order valence-corrected chi connectivity index (χ1v) is 9.86. The zero-order valence-corrected chi connectivity index (χ0v) is 18.4. The fraction of sp³-hybridized carbons (Fsp3) is 0.429. The van der Waals surface area contributed by atoms with Crippen LogP contribution in [0.3, 0.4) is 0 Å². The molecule has 0 saturated carbocycles. The van der Waals surface area contributed by atoms with Crippen LogP contribution < -0.4 is 10.6 Å². The lowest BCUT2D eigenvalue weighted by atomic mass is 9.92. The van der Waals surface area contributed by atoms with Crippen LogP contribution >= 0.6 is 11.6 Å². The van der Waals surface area contributed by atoms with Gasteiger partial charge in [-0.05, 0) is 18.1 Å². The molecule has 30 heavy (non-hydrogen) atoms. The van der Waals surface area contributed by atoms with E-state index in [9.17, 15) is 14.4 Å². The molecule has 0 aliphatic carbocycles. The van der Waals surface area contributed by atoms with Crippen molar-refractivity contribution in [2.45, 2.75) is 46.1 Å².